The summed E-state index contributed by atoms with van der Waals surface area (Å²) < 4.78 is 68.2. The Morgan fingerprint density at radius 3 is 2.42 bits per heavy atom. The molecule has 40 heavy (non-hydrogen) atoms. The summed E-state index contributed by atoms with van der Waals surface area (Å²) in [5.74, 6) is -2.48. The van der Waals surface area contributed by atoms with Crippen LogP contribution in [-0.2, 0) is 26.6 Å². The third-order valence-corrected chi connectivity index (χ3v) is 8.30. The number of carboxylic acids is 1. The zero-order valence-electron chi connectivity index (χ0n) is 21.7. The van der Waals surface area contributed by atoms with Crippen LogP contribution >= 0.6 is 0 Å². The number of nitrogens with one attached hydrogen (secondary N) is 1. The molecule has 2 aliphatic heterocycles. The highest BCUT2D eigenvalue weighted by molar-refractivity contribution is 7.89. The van der Waals surface area contributed by atoms with Gasteiger partial charge in [-0.3, -0.25) is 4.68 Å². The molecule has 2 bridgehead atoms. The predicted octanol–water partition coefficient (Wildman–Crippen LogP) is 1.95. The standard InChI is InChI=1S/C22H26N6O4S.C2HF3O2/c1-13-4-5-15(33(30,31)27-21-9-22(10-21,11-29)32-12-21)6-16(13)18-7-24-20(23)19(25-18)17-8-28(3)26-14(17)2;3-2(4,5)1(6)7/h4-8,27,29H,9-12H2,1-3H3,(H2,23,24);(H,6,7). The lowest BCUT2D eigenvalue weighted by Gasteiger charge is -2.43. The lowest BCUT2D eigenvalue weighted by atomic mass is 9.69. The number of aliphatic hydroxyl groups is 1. The second kappa shape index (κ2) is 10.1. The molecule has 3 aliphatic rings. The van der Waals surface area contributed by atoms with Crippen molar-refractivity contribution >= 4 is 21.8 Å². The molecule has 2 aromatic heterocycles. The van der Waals surface area contributed by atoms with E-state index in [1.165, 1.54) is 0 Å². The highest BCUT2D eigenvalue weighted by Gasteiger charge is 2.63. The Morgan fingerprint density at radius 1 is 1.25 bits per heavy atom. The molecule has 6 rings (SSSR count). The molecule has 0 spiro atoms. The summed E-state index contributed by atoms with van der Waals surface area (Å²) in [5, 5.41) is 21.0. The zero-order chi connectivity index (χ0) is 29.7. The molecule has 3 fully saturated rings. The summed E-state index contributed by atoms with van der Waals surface area (Å²) in [4.78, 5) is 18.0. The molecule has 0 amide bonds. The number of aryl methyl sites for hydroxylation is 3. The number of carbonyl (C=O) groups is 1. The van der Waals surface area contributed by atoms with Gasteiger partial charge in [-0.25, -0.2) is 27.9 Å². The van der Waals surface area contributed by atoms with E-state index in [-0.39, 0.29) is 23.9 Å². The number of aliphatic carboxylic acids is 1. The number of carboxylic acid groups (broad SMARTS) is 1. The molecule has 4 heterocycles. The van der Waals surface area contributed by atoms with Gasteiger partial charge in [-0.1, -0.05) is 6.07 Å². The second-order valence-corrected chi connectivity index (χ2v) is 11.6. The number of alkyl halides is 3. The van der Waals surface area contributed by atoms with Crippen LogP contribution < -0.4 is 10.5 Å². The minimum Gasteiger partial charge on any atom is -0.475 e. The molecule has 0 unspecified atom stereocenters. The van der Waals surface area contributed by atoms with Crippen LogP contribution in [0.4, 0.5) is 19.0 Å². The van der Waals surface area contributed by atoms with E-state index >= 15 is 0 Å². The smallest absolute Gasteiger partial charge is 0.475 e. The summed E-state index contributed by atoms with van der Waals surface area (Å²) in [5.41, 5.74) is 8.88. The first-order valence-corrected chi connectivity index (χ1v) is 13.3. The fourth-order valence-corrected chi connectivity index (χ4v) is 6.29. The molecule has 12 nitrogen and oxygen atoms in total. The average molecular weight is 585 g/mol. The molecular formula is C24H27F3N6O6S. The second-order valence-electron chi connectivity index (χ2n) is 9.94. The summed E-state index contributed by atoms with van der Waals surface area (Å²) in [6.45, 7) is 3.89. The average Bonchev–Trinajstić information content (AvgIpc) is 3.49. The first-order chi connectivity index (χ1) is 18.5. The van der Waals surface area contributed by atoms with E-state index < -0.39 is 33.3 Å². The Labute approximate surface area is 227 Å². The molecule has 0 radical (unpaired) electrons. The van der Waals surface area contributed by atoms with Crippen molar-refractivity contribution in [1.82, 2.24) is 24.5 Å². The monoisotopic (exact) mass is 584 g/mol. The van der Waals surface area contributed by atoms with E-state index in [1.54, 1.807) is 29.1 Å². The number of aromatic nitrogens is 4. The molecule has 0 atom stereocenters. The van der Waals surface area contributed by atoms with Crippen molar-refractivity contribution in [3.05, 3.63) is 41.9 Å². The molecule has 1 aromatic carbocycles. The van der Waals surface area contributed by atoms with Gasteiger partial charge in [-0.15, -0.1) is 0 Å². The summed E-state index contributed by atoms with van der Waals surface area (Å²) in [7, 11) is -2.00. The van der Waals surface area contributed by atoms with Crippen LogP contribution in [0.25, 0.3) is 22.5 Å². The number of rotatable bonds is 6. The van der Waals surface area contributed by atoms with E-state index in [1.807, 2.05) is 27.1 Å². The van der Waals surface area contributed by atoms with Gasteiger partial charge in [-0.05, 0) is 31.5 Å². The van der Waals surface area contributed by atoms with Crippen LogP contribution in [0.5, 0.6) is 0 Å². The molecule has 1 saturated carbocycles. The van der Waals surface area contributed by atoms with Gasteiger partial charge < -0.3 is 20.7 Å². The number of benzene rings is 1. The van der Waals surface area contributed by atoms with Crippen LogP contribution in [0.3, 0.4) is 0 Å². The van der Waals surface area contributed by atoms with Crippen molar-refractivity contribution in [3.63, 3.8) is 0 Å². The summed E-state index contributed by atoms with van der Waals surface area (Å²) in [6, 6.07) is 4.92. The molecule has 5 N–H and O–H groups in total. The van der Waals surface area contributed by atoms with Crippen LogP contribution in [0, 0.1) is 13.8 Å². The minimum atomic E-state index is -5.08. The van der Waals surface area contributed by atoms with Crippen LogP contribution in [-0.4, -0.2) is 74.9 Å². The van der Waals surface area contributed by atoms with Crippen LogP contribution in [0.1, 0.15) is 24.1 Å². The van der Waals surface area contributed by atoms with Crippen LogP contribution in [0.15, 0.2) is 35.5 Å². The topological polar surface area (TPSA) is 183 Å². The maximum atomic E-state index is 13.2. The number of hydrogen-bond acceptors (Lipinski definition) is 9. The van der Waals surface area contributed by atoms with Crippen molar-refractivity contribution in [2.45, 2.75) is 48.9 Å². The summed E-state index contributed by atoms with van der Waals surface area (Å²) >= 11 is 0. The highest BCUT2D eigenvalue weighted by Crippen LogP contribution is 2.51. The van der Waals surface area contributed by atoms with Gasteiger partial charge >= 0.3 is 12.1 Å². The van der Waals surface area contributed by atoms with Gasteiger partial charge in [-0.2, -0.15) is 18.3 Å². The van der Waals surface area contributed by atoms with Crippen molar-refractivity contribution in [1.29, 1.82) is 0 Å². The van der Waals surface area contributed by atoms with E-state index in [2.05, 4.69) is 14.8 Å². The normalized spacial score (nSPS) is 21.9. The largest absolute Gasteiger partial charge is 0.490 e. The fraction of sp³-hybridized carbons (Fsp3) is 0.417. The number of sulfonamides is 1. The van der Waals surface area contributed by atoms with Gasteiger partial charge in [0.1, 0.15) is 11.5 Å². The van der Waals surface area contributed by atoms with Gasteiger partial charge in [0.15, 0.2) is 0 Å². The van der Waals surface area contributed by atoms with Crippen molar-refractivity contribution in [3.8, 4) is 22.5 Å². The number of fused-ring (bicyclic) bond motifs is 1. The molecular weight excluding hydrogens is 557 g/mol. The number of halogens is 3. The summed E-state index contributed by atoms with van der Waals surface area (Å²) in [6.07, 6.45) is -0.787. The molecule has 16 heteroatoms. The lowest BCUT2D eigenvalue weighted by molar-refractivity contribution is -0.192. The molecule has 216 valence electrons. The molecule has 2 saturated heterocycles. The Morgan fingerprint density at radius 2 is 1.90 bits per heavy atom. The van der Waals surface area contributed by atoms with E-state index in [4.69, 9.17) is 25.4 Å². The SMILES string of the molecule is Cc1ccc(S(=O)(=O)NC23COC(CO)(C2)C3)cc1-c1cnc(N)c(-c2cn(C)nc2C)n1.O=C(O)C(F)(F)F. The Kier molecular flexibility index (Phi) is 7.42. The number of hydrogen-bond donors (Lipinski definition) is 4. The fourth-order valence-electron chi connectivity index (χ4n) is 4.88. The number of aliphatic hydroxyl groups excluding tert-OH is 1. The zero-order valence-corrected chi connectivity index (χ0v) is 22.5. The van der Waals surface area contributed by atoms with Crippen molar-refractivity contribution < 1.29 is 41.3 Å². The quantitative estimate of drug-likeness (QED) is 0.334. The predicted molar refractivity (Wildman–Crippen MR) is 135 cm³/mol. The van der Waals surface area contributed by atoms with Crippen molar-refractivity contribution in [2.75, 3.05) is 18.9 Å². The van der Waals surface area contributed by atoms with E-state index in [9.17, 15) is 26.7 Å². The maximum Gasteiger partial charge on any atom is 0.490 e. The maximum absolute atomic E-state index is 13.2. The minimum absolute atomic E-state index is 0.111. The number of nitrogen functional groups attached to an aromatic ring is 1. The Bertz CT molecular complexity index is 1570. The highest BCUT2D eigenvalue weighted by atomic mass is 32.2. The van der Waals surface area contributed by atoms with E-state index in [0.717, 1.165) is 16.8 Å². The first-order valence-electron chi connectivity index (χ1n) is 11.8. The van der Waals surface area contributed by atoms with Crippen molar-refractivity contribution in [2.24, 2.45) is 7.05 Å². The van der Waals surface area contributed by atoms with Gasteiger partial charge in [0, 0.05) is 37.2 Å². The van der Waals surface area contributed by atoms with Crippen LogP contribution in [0.2, 0.25) is 0 Å². The van der Waals surface area contributed by atoms with Gasteiger partial charge in [0.2, 0.25) is 10.0 Å². The Balaban J connectivity index is 0.000000470. The molecule has 1 aliphatic carbocycles. The number of nitrogens with two attached hydrogens (primary N) is 1. The molecule has 3 aromatic rings. The first kappa shape index (κ1) is 29.4. The third kappa shape index (κ3) is 5.65. The van der Waals surface area contributed by atoms with E-state index in [0.29, 0.717) is 29.8 Å². The Hall–Kier alpha value is -3.60. The third-order valence-electron chi connectivity index (χ3n) is 6.72. The van der Waals surface area contributed by atoms with Gasteiger partial charge in [0.25, 0.3) is 0 Å². The number of anilines is 1. The number of nitrogens with zero attached hydrogens (tertiary/aromatic N) is 4. The van der Waals surface area contributed by atoms with Gasteiger partial charge in [0.05, 0.1) is 46.8 Å². The lowest BCUT2D eigenvalue weighted by Crippen LogP contribution is -2.60. The number of ether oxygens (including phenoxy) is 1.